The molecular formula is C9H14O6. The molecule has 0 aromatic rings. The quantitative estimate of drug-likeness (QED) is 0.476. The average Bonchev–Trinajstić information content (AvgIpc) is 2.08. The van der Waals surface area contributed by atoms with E-state index in [-0.39, 0.29) is 13.0 Å². The number of rotatable bonds is 7. The summed E-state index contributed by atoms with van der Waals surface area (Å²) in [7, 11) is 0. The maximum absolute atomic E-state index is 10.6. The number of carbonyl (C=O) groups excluding carboxylic acids is 1. The predicted molar refractivity (Wildman–Crippen MR) is 49.2 cm³/mol. The molecule has 0 aliphatic carbocycles. The lowest BCUT2D eigenvalue weighted by Gasteiger charge is -2.09. The summed E-state index contributed by atoms with van der Waals surface area (Å²) in [5, 5.41) is 17.1. The van der Waals surface area contributed by atoms with E-state index in [0.29, 0.717) is 6.42 Å². The monoisotopic (exact) mass is 218 g/mol. The Morgan fingerprint density at radius 2 is 1.87 bits per heavy atom. The van der Waals surface area contributed by atoms with Gasteiger partial charge in [-0.2, -0.15) is 0 Å². The molecule has 0 aliphatic rings. The zero-order chi connectivity index (χ0) is 11.8. The van der Waals surface area contributed by atoms with Crippen LogP contribution in [0.1, 0.15) is 26.2 Å². The fraction of sp³-hybridized carbons (Fsp3) is 0.667. The molecule has 0 rings (SSSR count). The van der Waals surface area contributed by atoms with Crippen molar-refractivity contribution in [3.05, 3.63) is 0 Å². The summed E-state index contributed by atoms with van der Waals surface area (Å²) < 4.78 is 4.60. The summed E-state index contributed by atoms with van der Waals surface area (Å²) in [6.07, 6.45) is 0.133. The first-order valence-corrected chi connectivity index (χ1v) is 4.51. The van der Waals surface area contributed by atoms with Crippen LogP contribution in [0.15, 0.2) is 0 Å². The van der Waals surface area contributed by atoms with Gasteiger partial charge in [0.05, 0.1) is 18.9 Å². The number of esters is 1. The van der Waals surface area contributed by atoms with Crippen molar-refractivity contribution in [2.24, 2.45) is 5.92 Å². The van der Waals surface area contributed by atoms with Gasteiger partial charge < -0.3 is 14.9 Å². The molecule has 0 heterocycles. The smallest absolute Gasteiger partial charge is 0.307 e. The first-order chi connectivity index (χ1) is 6.93. The van der Waals surface area contributed by atoms with Crippen LogP contribution in [0.2, 0.25) is 0 Å². The van der Waals surface area contributed by atoms with Crippen LogP contribution in [0.3, 0.4) is 0 Å². The lowest BCUT2D eigenvalue weighted by molar-refractivity contribution is -0.148. The van der Waals surface area contributed by atoms with Crippen molar-refractivity contribution in [1.82, 2.24) is 0 Å². The number of carbonyl (C=O) groups is 3. The van der Waals surface area contributed by atoms with E-state index in [1.807, 2.05) is 0 Å². The van der Waals surface area contributed by atoms with Crippen LogP contribution in [0.25, 0.3) is 0 Å². The Balaban J connectivity index is 3.81. The van der Waals surface area contributed by atoms with Gasteiger partial charge in [-0.3, -0.25) is 14.4 Å². The van der Waals surface area contributed by atoms with E-state index in [4.69, 9.17) is 10.2 Å². The van der Waals surface area contributed by atoms with Gasteiger partial charge >= 0.3 is 17.9 Å². The van der Waals surface area contributed by atoms with Crippen molar-refractivity contribution in [3.63, 3.8) is 0 Å². The Morgan fingerprint density at radius 3 is 2.27 bits per heavy atom. The Bertz CT molecular complexity index is 247. The topological polar surface area (TPSA) is 101 Å². The van der Waals surface area contributed by atoms with Crippen molar-refractivity contribution in [2.45, 2.75) is 26.2 Å². The van der Waals surface area contributed by atoms with Gasteiger partial charge in [-0.05, 0) is 12.8 Å². The standard InChI is InChI=1S/C9H14O6/c1-6(10)15-4-2-3-7(9(13)14)5-8(11)12/h7H,2-5H2,1H3,(H,11,12)(H,13,14). The van der Waals surface area contributed by atoms with Gasteiger partial charge in [0, 0.05) is 6.92 Å². The van der Waals surface area contributed by atoms with Crippen molar-refractivity contribution >= 4 is 17.9 Å². The van der Waals surface area contributed by atoms with Crippen LogP contribution < -0.4 is 0 Å². The fourth-order valence-corrected chi connectivity index (χ4v) is 1.07. The van der Waals surface area contributed by atoms with Gasteiger partial charge in [0.15, 0.2) is 0 Å². The molecule has 0 aromatic carbocycles. The number of ether oxygens (including phenoxy) is 1. The Morgan fingerprint density at radius 1 is 1.27 bits per heavy atom. The van der Waals surface area contributed by atoms with Gasteiger partial charge in [0.2, 0.25) is 0 Å². The lowest BCUT2D eigenvalue weighted by Crippen LogP contribution is -2.18. The minimum absolute atomic E-state index is 0.124. The minimum atomic E-state index is -1.14. The van der Waals surface area contributed by atoms with E-state index >= 15 is 0 Å². The van der Waals surface area contributed by atoms with Crippen molar-refractivity contribution < 1.29 is 29.3 Å². The maximum atomic E-state index is 10.6. The molecule has 0 saturated carbocycles. The van der Waals surface area contributed by atoms with Crippen molar-refractivity contribution in [1.29, 1.82) is 0 Å². The molecule has 0 bridgehead atoms. The zero-order valence-electron chi connectivity index (χ0n) is 8.43. The predicted octanol–water partition coefficient (Wildman–Crippen LogP) is 0.505. The highest BCUT2D eigenvalue weighted by molar-refractivity contribution is 5.77. The maximum Gasteiger partial charge on any atom is 0.307 e. The molecule has 15 heavy (non-hydrogen) atoms. The summed E-state index contributed by atoms with van der Waals surface area (Å²) >= 11 is 0. The average molecular weight is 218 g/mol. The molecule has 0 fully saturated rings. The Labute approximate surface area is 86.8 Å². The minimum Gasteiger partial charge on any atom is -0.481 e. The molecule has 86 valence electrons. The van der Waals surface area contributed by atoms with Gasteiger partial charge in [0.25, 0.3) is 0 Å². The number of carboxylic acids is 2. The van der Waals surface area contributed by atoms with E-state index in [1.54, 1.807) is 0 Å². The molecule has 0 amide bonds. The van der Waals surface area contributed by atoms with Gasteiger partial charge in [0.1, 0.15) is 0 Å². The third-order valence-electron chi connectivity index (χ3n) is 1.77. The molecule has 0 aromatic heterocycles. The molecule has 6 nitrogen and oxygen atoms in total. The third kappa shape index (κ3) is 7.48. The second-order valence-electron chi connectivity index (χ2n) is 3.12. The van der Waals surface area contributed by atoms with Gasteiger partial charge in [-0.25, -0.2) is 0 Å². The second-order valence-corrected chi connectivity index (χ2v) is 3.12. The van der Waals surface area contributed by atoms with E-state index < -0.39 is 30.2 Å². The fourth-order valence-electron chi connectivity index (χ4n) is 1.07. The normalized spacial score (nSPS) is 11.8. The van der Waals surface area contributed by atoms with E-state index in [2.05, 4.69) is 4.74 Å². The third-order valence-corrected chi connectivity index (χ3v) is 1.77. The van der Waals surface area contributed by atoms with Crippen LogP contribution in [-0.4, -0.2) is 34.7 Å². The Hall–Kier alpha value is -1.59. The van der Waals surface area contributed by atoms with Gasteiger partial charge in [-0.1, -0.05) is 0 Å². The highest BCUT2D eigenvalue weighted by atomic mass is 16.5. The van der Waals surface area contributed by atoms with Crippen LogP contribution in [0.4, 0.5) is 0 Å². The first kappa shape index (κ1) is 13.4. The van der Waals surface area contributed by atoms with Crippen LogP contribution in [-0.2, 0) is 19.1 Å². The number of aliphatic carboxylic acids is 2. The Kier molecular flexibility index (Phi) is 6.08. The van der Waals surface area contributed by atoms with Crippen LogP contribution in [0.5, 0.6) is 0 Å². The first-order valence-electron chi connectivity index (χ1n) is 4.51. The molecule has 6 heteroatoms. The summed E-state index contributed by atoms with van der Waals surface area (Å²) in [5.41, 5.74) is 0. The SMILES string of the molecule is CC(=O)OCCCC(CC(=O)O)C(=O)O. The molecule has 1 atom stereocenters. The summed E-state index contributed by atoms with van der Waals surface area (Å²) in [6.45, 7) is 1.38. The summed E-state index contributed by atoms with van der Waals surface area (Å²) in [4.78, 5) is 31.3. The summed E-state index contributed by atoms with van der Waals surface area (Å²) in [6, 6.07) is 0. The second kappa shape index (κ2) is 6.80. The van der Waals surface area contributed by atoms with Gasteiger partial charge in [-0.15, -0.1) is 0 Å². The molecule has 0 aliphatic heterocycles. The summed E-state index contributed by atoms with van der Waals surface area (Å²) in [5.74, 6) is -3.63. The van der Waals surface area contributed by atoms with E-state index in [1.165, 1.54) is 6.92 Å². The number of hydrogen-bond donors (Lipinski definition) is 2. The molecule has 2 N–H and O–H groups in total. The molecule has 1 unspecified atom stereocenters. The van der Waals surface area contributed by atoms with Crippen molar-refractivity contribution in [2.75, 3.05) is 6.61 Å². The number of carboxylic acid groups (broad SMARTS) is 2. The molecule has 0 spiro atoms. The van der Waals surface area contributed by atoms with E-state index in [9.17, 15) is 14.4 Å². The van der Waals surface area contributed by atoms with Crippen molar-refractivity contribution in [3.8, 4) is 0 Å². The van der Waals surface area contributed by atoms with Crippen LogP contribution >= 0.6 is 0 Å². The highest BCUT2D eigenvalue weighted by Gasteiger charge is 2.20. The zero-order valence-corrected chi connectivity index (χ0v) is 8.43. The largest absolute Gasteiger partial charge is 0.481 e. The highest BCUT2D eigenvalue weighted by Crippen LogP contribution is 2.11. The molecule has 0 radical (unpaired) electrons. The molecular weight excluding hydrogens is 204 g/mol. The lowest BCUT2D eigenvalue weighted by atomic mass is 10.00. The van der Waals surface area contributed by atoms with E-state index in [0.717, 1.165) is 0 Å². The number of hydrogen-bond acceptors (Lipinski definition) is 4. The van der Waals surface area contributed by atoms with Crippen LogP contribution in [0, 0.1) is 5.92 Å². The molecule has 0 saturated heterocycles.